The van der Waals surface area contributed by atoms with Crippen LogP contribution < -0.4 is 0 Å². The Labute approximate surface area is 334 Å². The first kappa shape index (κ1) is 54.2. The quantitative estimate of drug-likeness (QED) is 0.0818. The van der Waals surface area contributed by atoms with E-state index in [1.165, 1.54) is 12.8 Å². The fraction of sp³-hybridized carbons (Fsp3) is 1.00. The third-order valence-corrected chi connectivity index (χ3v) is 52.2. The van der Waals surface area contributed by atoms with Gasteiger partial charge in [0.2, 0.25) is 0 Å². The average molecular weight is 946 g/mol. The van der Waals surface area contributed by atoms with Crippen molar-refractivity contribution in [1.82, 2.24) is 0 Å². The van der Waals surface area contributed by atoms with Crippen LogP contribution in [0.3, 0.4) is 0 Å². The summed E-state index contributed by atoms with van der Waals surface area (Å²) in [6.45, 7) is 55.3. The SMILES string of the molecule is CCCC[Si](C)(C)O[Si](C)(C)O[Si](C)(C)O[Si](C)(C)O[Si](C)(C)O[Si](C)(C)O[Si](C)(C)O[Si](C)(C)O[Si](C)(C)O[Si](C)(C)O[Si](C)(C)O[Si](C)(C)C. The Balaban J connectivity index is 5.57. The van der Waals surface area contributed by atoms with E-state index in [9.17, 15) is 0 Å². The van der Waals surface area contributed by atoms with E-state index in [1.54, 1.807) is 0 Å². The molecule has 0 aliphatic carbocycles. The van der Waals surface area contributed by atoms with Crippen LogP contribution in [0.5, 0.6) is 0 Å². The molecule has 52 heavy (non-hydrogen) atoms. The van der Waals surface area contributed by atoms with E-state index in [0.717, 1.165) is 6.04 Å². The highest BCUT2D eigenvalue weighted by atomic mass is 28.5. The van der Waals surface area contributed by atoms with Gasteiger partial charge >= 0.3 is 85.6 Å². The summed E-state index contributed by atoms with van der Waals surface area (Å²) in [5.41, 5.74) is 0. The van der Waals surface area contributed by atoms with Gasteiger partial charge in [-0.1, -0.05) is 19.8 Å². The Kier molecular flexibility index (Phi) is 19.4. The fourth-order valence-electron chi connectivity index (χ4n) is 7.59. The minimum atomic E-state index is -2.71. The van der Waals surface area contributed by atoms with Gasteiger partial charge in [0.05, 0.1) is 0 Å². The molecule has 11 nitrogen and oxygen atoms in total. The van der Waals surface area contributed by atoms with Crippen molar-refractivity contribution in [2.24, 2.45) is 0 Å². The van der Waals surface area contributed by atoms with E-state index in [1.807, 2.05) is 0 Å². The molecule has 0 radical (unpaired) electrons. The molecule has 0 aliphatic heterocycles. The summed E-state index contributed by atoms with van der Waals surface area (Å²) in [7, 11) is -29.6. The smallest absolute Gasteiger partial charge is 0.314 e. The maximum Gasteiger partial charge on any atom is 0.314 e. The van der Waals surface area contributed by atoms with Gasteiger partial charge in [0, 0.05) is 0 Å². The number of unbranched alkanes of at least 4 members (excludes halogenated alkanes) is 1. The molecule has 0 amide bonds. The van der Waals surface area contributed by atoms with Crippen molar-refractivity contribution < 1.29 is 45.3 Å². The van der Waals surface area contributed by atoms with Crippen molar-refractivity contribution in [3.63, 3.8) is 0 Å². The number of rotatable bonds is 25. The van der Waals surface area contributed by atoms with Crippen molar-refractivity contribution in [3.8, 4) is 0 Å². The zero-order valence-electron chi connectivity index (χ0n) is 38.6. The first-order valence-corrected chi connectivity index (χ1v) is 53.7. The van der Waals surface area contributed by atoms with E-state index in [2.05, 4.69) is 171 Å². The maximum absolute atomic E-state index is 6.83. The number of hydrogen-bond acceptors (Lipinski definition) is 11. The van der Waals surface area contributed by atoms with Crippen molar-refractivity contribution in [3.05, 3.63) is 0 Å². The molecule has 0 aromatic carbocycles. The molecule has 0 fully saturated rings. The Morgan fingerprint density at radius 3 is 0.596 bits per heavy atom. The summed E-state index contributed by atoms with van der Waals surface area (Å²) >= 11 is 0. The lowest BCUT2D eigenvalue weighted by molar-refractivity contribution is 0.253. The largest absolute Gasteiger partial charge is 0.437 e. The summed E-state index contributed by atoms with van der Waals surface area (Å²) in [5, 5.41) is 0. The van der Waals surface area contributed by atoms with Gasteiger partial charge in [-0.25, -0.2) is 0 Å². The molecule has 0 bridgehead atoms. The topological polar surface area (TPSA) is 102 Å². The van der Waals surface area contributed by atoms with Crippen molar-refractivity contribution in [1.29, 1.82) is 0 Å². The Morgan fingerprint density at radius 1 is 0.250 bits per heavy atom. The van der Waals surface area contributed by atoms with Crippen LogP contribution in [0.4, 0.5) is 0 Å². The number of hydrogen-bond donors (Lipinski definition) is 0. The molecule has 0 aromatic heterocycles. The Bertz CT molecular complexity index is 1130. The van der Waals surface area contributed by atoms with Crippen LogP contribution in [0.25, 0.3) is 0 Å². The molecule has 0 rings (SSSR count). The average Bonchev–Trinajstić information content (AvgIpc) is 2.66. The molecular weight excluding hydrogens is 861 g/mol. The van der Waals surface area contributed by atoms with Gasteiger partial charge in [-0.05, 0) is 170 Å². The van der Waals surface area contributed by atoms with Crippen LogP contribution in [-0.4, -0.2) is 102 Å². The van der Waals surface area contributed by atoms with Crippen LogP contribution >= 0.6 is 0 Å². The van der Waals surface area contributed by atoms with Gasteiger partial charge < -0.3 is 45.3 Å². The molecule has 0 N–H and O–H groups in total. The van der Waals surface area contributed by atoms with Crippen molar-refractivity contribution in [2.75, 3.05) is 0 Å². The summed E-state index contributed by atoms with van der Waals surface area (Å²) < 4.78 is 74.1. The molecule has 0 saturated carbocycles. The Hall–Kier alpha value is 2.16. The molecule has 0 atom stereocenters. The molecule has 314 valence electrons. The van der Waals surface area contributed by atoms with Gasteiger partial charge in [-0.3, -0.25) is 0 Å². The van der Waals surface area contributed by atoms with Crippen LogP contribution in [-0.2, 0) is 45.3 Å². The van der Waals surface area contributed by atoms with E-state index < -0.39 is 102 Å². The first-order valence-electron chi connectivity index (χ1n) is 19.1. The molecule has 0 spiro atoms. The predicted molar refractivity (Wildman–Crippen MR) is 247 cm³/mol. The highest BCUT2D eigenvalue weighted by Gasteiger charge is 2.51. The van der Waals surface area contributed by atoms with Gasteiger partial charge in [-0.2, -0.15) is 0 Å². The maximum atomic E-state index is 6.83. The van der Waals surface area contributed by atoms with E-state index in [4.69, 9.17) is 45.3 Å². The van der Waals surface area contributed by atoms with Crippen LogP contribution in [0, 0.1) is 0 Å². The summed E-state index contributed by atoms with van der Waals surface area (Å²) in [5.74, 6) is 0. The lowest BCUT2D eigenvalue weighted by Gasteiger charge is -2.45. The van der Waals surface area contributed by atoms with Crippen LogP contribution in [0.2, 0.25) is 170 Å². The zero-order valence-corrected chi connectivity index (χ0v) is 50.6. The van der Waals surface area contributed by atoms with E-state index in [-0.39, 0.29) is 0 Å². The van der Waals surface area contributed by atoms with Gasteiger partial charge in [-0.15, -0.1) is 0 Å². The minimum Gasteiger partial charge on any atom is -0.437 e. The zero-order chi connectivity index (χ0) is 41.9. The highest BCUT2D eigenvalue weighted by Crippen LogP contribution is 2.32. The minimum absolute atomic E-state index is 1.14. The lowest BCUT2D eigenvalue weighted by atomic mass is 10.4. The van der Waals surface area contributed by atoms with Crippen molar-refractivity contribution in [2.45, 2.75) is 189 Å². The third kappa shape index (κ3) is 25.5. The summed E-state index contributed by atoms with van der Waals surface area (Å²) in [6.07, 6.45) is 2.37. The normalized spacial score (nSPS) is 15.8. The van der Waals surface area contributed by atoms with Crippen LogP contribution in [0.1, 0.15) is 19.8 Å². The van der Waals surface area contributed by atoms with E-state index in [0.29, 0.717) is 0 Å². The molecule has 0 saturated heterocycles. The van der Waals surface area contributed by atoms with Gasteiger partial charge in [0.1, 0.15) is 0 Å². The second-order valence-corrected chi connectivity index (χ2v) is 65.3. The third-order valence-electron chi connectivity index (χ3n) is 6.63. The molecule has 0 heterocycles. The second kappa shape index (κ2) is 18.6. The first-order chi connectivity index (χ1) is 22.3. The second-order valence-electron chi connectivity index (χ2n) is 20.1. The van der Waals surface area contributed by atoms with Gasteiger partial charge in [0.25, 0.3) is 0 Å². The molecule has 0 aliphatic rings. The predicted octanol–water partition coefficient (Wildman–Crippen LogP) is 11.0. The lowest BCUT2D eigenvalue weighted by Crippen LogP contribution is -2.62. The van der Waals surface area contributed by atoms with Crippen molar-refractivity contribution >= 4 is 102 Å². The fourth-order valence-corrected chi connectivity index (χ4v) is 68.5. The summed E-state index contributed by atoms with van der Waals surface area (Å²) in [6, 6.07) is 1.14. The molecule has 23 heteroatoms. The Morgan fingerprint density at radius 2 is 0.423 bits per heavy atom. The molecular formula is C29H84O11Si12. The monoisotopic (exact) mass is 944 g/mol. The van der Waals surface area contributed by atoms with Gasteiger partial charge in [0.15, 0.2) is 16.6 Å². The molecule has 0 aromatic rings. The standard InChI is InChI=1S/C29H84O11Si12/c1-27-28-29-42(5,6)31-44(9,10)33-46(13,14)35-48(17,18)37-50(21,22)39-52(25,26)40-51(23,24)38-49(19,20)36-47(15,16)34-45(11,12)32-43(7,8)30-41(2,3)4/h27-29H2,1-26H3. The molecule has 0 unspecified atom stereocenters. The van der Waals surface area contributed by atoms with E-state index >= 15 is 0 Å². The van der Waals surface area contributed by atoms with Crippen LogP contribution in [0.15, 0.2) is 0 Å². The summed E-state index contributed by atoms with van der Waals surface area (Å²) in [4.78, 5) is 0. The highest BCUT2D eigenvalue weighted by molar-refractivity contribution is 6.94.